The predicted octanol–water partition coefficient (Wildman–Crippen LogP) is -1.07. The molecule has 0 bridgehead atoms. The number of primary amides is 1. The summed E-state index contributed by atoms with van der Waals surface area (Å²) in [5.74, 6) is -0.504. The molecule has 2 N–H and O–H groups in total. The summed E-state index contributed by atoms with van der Waals surface area (Å²) >= 11 is 0. The van der Waals surface area contributed by atoms with Crippen molar-refractivity contribution in [2.75, 3.05) is 0 Å². The van der Waals surface area contributed by atoms with Gasteiger partial charge in [-0.3, -0.25) is 4.79 Å². The Hall–Kier alpha value is -0.450. The van der Waals surface area contributed by atoms with Crippen LogP contribution in [-0.2, 0) is 0 Å². The molecule has 0 unspecified atom stereocenters. The Morgan fingerprint density at radius 2 is 1.90 bits per heavy atom. The van der Waals surface area contributed by atoms with Gasteiger partial charge in [-0.1, -0.05) is 0 Å². The Kier molecular flexibility index (Phi) is 4.18. The number of nitrogens with two attached hydrogens (primary N) is 1. The Morgan fingerprint density at radius 1 is 1.40 bits per heavy atom. The molecule has 48 valence electrons. The summed E-state index contributed by atoms with van der Waals surface area (Å²) in [5, 5.41) is 0. The van der Waals surface area contributed by atoms with Crippen molar-refractivity contribution in [1.29, 1.82) is 0 Å². The van der Waals surface area contributed by atoms with E-state index >= 15 is 0 Å². The summed E-state index contributed by atoms with van der Waals surface area (Å²) in [6.45, 7) is 0. The average molecular weight is 147 g/mol. The van der Waals surface area contributed by atoms with E-state index in [0.29, 0.717) is 5.56 Å². The van der Waals surface area contributed by atoms with Gasteiger partial charge >= 0.3 is 29.6 Å². The van der Waals surface area contributed by atoms with E-state index in [0.717, 1.165) is 0 Å². The van der Waals surface area contributed by atoms with Gasteiger partial charge in [-0.2, -0.15) is 0 Å². The van der Waals surface area contributed by atoms with Gasteiger partial charge in [-0.05, 0) is 0 Å². The van der Waals surface area contributed by atoms with E-state index in [1.807, 2.05) is 0 Å². The summed E-state index contributed by atoms with van der Waals surface area (Å²) in [7, 11) is 0. The molecule has 0 fully saturated rings. The Bertz CT molecular complexity index is 213. The van der Waals surface area contributed by atoms with E-state index in [-0.39, 0.29) is 29.6 Å². The number of hydrogen-bond donors (Lipinski definition) is 1. The Labute approximate surface area is 80.2 Å². The van der Waals surface area contributed by atoms with Crippen molar-refractivity contribution in [1.82, 2.24) is 9.97 Å². The van der Waals surface area contributed by atoms with Crippen molar-refractivity contribution in [3.63, 3.8) is 0 Å². The summed E-state index contributed by atoms with van der Waals surface area (Å²) in [5.41, 5.74) is 5.23. The fourth-order valence-electron chi connectivity index (χ4n) is 0.426. The standard InChI is InChI=1S/C5H5N3O.Na.H/c6-5(9)4-1-7-3-8-2-4;;/h1-3H,(H2,6,9);;. The van der Waals surface area contributed by atoms with Gasteiger partial charge < -0.3 is 5.73 Å². The molecule has 1 rings (SSSR count). The van der Waals surface area contributed by atoms with Crippen molar-refractivity contribution in [3.8, 4) is 0 Å². The van der Waals surface area contributed by atoms with Crippen LogP contribution in [0.5, 0.6) is 0 Å². The number of carbonyl (C=O) groups is 1. The minimum absolute atomic E-state index is 0. The van der Waals surface area contributed by atoms with Gasteiger partial charge in [0.1, 0.15) is 6.33 Å². The van der Waals surface area contributed by atoms with Crippen LogP contribution in [0.4, 0.5) is 0 Å². The maximum absolute atomic E-state index is 10.3. The molecule has 0 aliphatic carbocycles. The number of nitrogens with zero attached hydrogens (tertiary/aromatic N) is 2. The van der Waals surface area contributed by atoms with Crippen molar-refractivity contribution >= 4 is 35.5 Å². The molecule has 5 heteroatoms. The van der Waals surface area contributed by atoms with E-state index in [1.54, 1.807) is 0 Å². The third-order valence-corrected chi connectivity index (χ3v) is 0.845. The summed E-state index contributed by atoms with van der Waals surface area (Å²) in [4.78, 5) is 17.5. The van der Waals surface area contributed by atoms with Crippen LogP contribution in [0.25, 0.3) is 0 Å². The molecule has 0 atom stereocenters. The zero-order valence-corrected chi connectivity index (χ0v) is 4.61. The van der Waals surface area contributed by atoms with Gasteiger partial charge in [0, 0.05) is 12.4 Å². The molecule has 1 heterocycles. The van der Waals surface area contributed by atoms with E-state index in [2.05, 4.69) is 9.97 Å². The SMILES string of the molecule is NC(=O)c1cncnc1.[NaH]. The van der Waals surface area contributed by atoms with E-state index in [9.17, 15) is 4.79 Å². The minimum atomic E-state index is -0.504. The third-order valence-electron chi connectivity index (χ3n) is 0.845. The van der Waals surface area contributed by atoms with Crippen molar-refractivity contribution in [2.24, 2.45) is 5.73 Å². The van der Waals surface area contributed by atoms with E-state index in [4.69, 9.17) is 5.73 Å². The van der Waals surface area contributed by atoms with Crippen LogP contribution in [-0.4, -0.2) is 45.4 Å². The quantitative estimate of drug-likeness (QED) is 0.514. The summed E-state index contributed by atoms with van der Waals surface area (Å²) in [6.07, 6.45) is 4.08. The van der Waals surface area contributed by atoms with Crippen molar-refractivity contribution in [2.45, 2.75) is 0 Å². The molecule has 0 radical (unpaired) electrons. The predicted molar refractivity (Wildman–Crippen MR) is 37.7 cm³/mol. The average Bonchev–Trinajstić information content (AvgIpc) is 1.90. The first-order valence-corrected chi connectivity index (χ1v) is 2.35. The maximum atomic E-state index is 10.3. The number of carbonyl (C=O) groups excluding carboxylic acids is 1. The normalized spacial score (nSPS) is 8.00. The third kappa shape index (κ3) is 2.43. The molecule has 1 aromatic heterocycles. The molecule has 10 heavy (non-hydrogen) atoms. The number of hydrogen-bond acceptors (Lipinski definition) is 3. The van der Waals surface area contributed by atoms with Crippen LogP contribution < -0.4 is 5.73 Å². The number of amides is 1. The van der Waals surface area contributed by atoms with Crippen LogP contribution in [0.2, 0.25) is 0 Å². The van der Waals surface area contributed by atoms with Gasteiger partial charge in [0.15, 0.2) is 0 Å². The second kappa shape index (κ2) is 4.38. The van der Waals surface area contributed by atoms with Gasteiger partial charge in [-0.15, -0.1) is 0 Å². The van der Waals surface area contributed by atoms with Gasteiger partial charge in [0.25, 0.3) is 5.91 Å². The molecule has 0 aromatic carbocycles. The molecular weight excluding hydrogens is 141 g/mol. The molecule has 0 saturated heterocycles. The fraction of sp³-hybridized carbons (Fsp3) is 0. The van der Waals surface area contributed by atoms with Crippen LogP contribution >= 0.6 is 0 Å². The van der Waals surface area contributed by atoms with Crippen LogP contribution in [0.15, 0.2) is 18.7 Å². The zero-order chi connectivity index (χ0) is 6.69. The van der Waals surface area contributed by atoms with Gasteiger partial charge in [0.05, 0.1) is 5.56 Å². The number of rotatable bonds is 1. The van der Waals surface area contributed by atoms with Crippen molar-refractivity contribution < 1.29 is 4.79 Å². The Morgan fingerprint density at radius 3 is 2.20 bits per heavy atom. The monoisotopic (exact) mass is 147 g/mol. The topological polar surface area (TPSA) is 68.9 Å². The Balaban J connectivity index is 0.000000810. The van der Waals surface area contributed by atoms with Crippen LogP contribution in [0.1, 0.15) is 10.4 Å². The van der Waals surface area contributed by atoms with E-state index < -0.39 is 5.91 Å². The molecule has 4 nitrogen and oxygen atoms in total. The first-order valence-electron chi connectivity index (χ1n) is 2.35. The van der Waals surface area contributed by atoms with Gasteiger partial charge in [-0.25, -0.2) is 9.97 Å². The van der Waals surface area contributed by atoms with Crippen LogP contribution in [0.3, 0.4) is 0 Å². The van der Waals surface area contributed by atoms with Crippen LogP contribution in [0, 0.1) is 0 Å². The number of aromatic nitrogens is 2. The van der Waals surface area contributed by atoms with E-state index in [1.165, 1.54) is 18.7 Å². The first-order chi connectivity index (χ1) is 4.30. The molecule has 0 saturated carbocycles. The second-order valence-electron chi connectivity index (χ2n) is 1.49. The summed E-state index contributed by atoms with van der Waals surface area (Å²) in [6, 6.07) is 0. The molecule has 0 aliphatic heterocycles. The summed E-state index contributed by atoms with van der Waals surface area (Å²) < 4.78 is 0. The van der Waals surface area contributed by atoms with Gasteiger partial charge in [0.2, 0.25) is 0 Å². The molecular formula is C5H6N3NaO. The molecule has 0 aliphatic rings. The molecule has 0 spiro atoms. The second-order valence-corrected chi connectivity index (χ2v) is 1.49. The fourth-order valence-corrected chi connectivity index (χ4v) is 0.426. The zero-order valence-electron chi connectivity index (χ0n) is 4.61. The van der Waals surface area contributed by atoms with Crippen molar-refractivity contribution in [3.05, 3.63) is 24.3 Å². The molecule has 1 amide bonds. The molecule has 1 aromatic rings. The first kappa shape index (κ1) is 9.55.